The maximum absolute atomic E-state index is 2.62. The predicted octanol–water partition coefficient (Wildman–Crippen LogP) is 3.08. The van der Waals surface area contributed by atoms with E-state index in [9.17, 15) is 0 Å². The minimum Gasteiger partial charge on any atom is -0.0590 e. The molecule has 0 amide bonds. The lowest BCUT2D eigenvalue weighted by Gasteiger charge is -3.10. The molecule has 0 heterocycles. The van der Waals surface area contributed by atoms with Crippen LogP contribution >= 0.6 is 0 Å². The van der Waals surface area contributed by atoms with Crippen molar-refractivity contribution in [2.45, 2.75) is 39.5 Å². The van der Waals surface area contributed by atoms with Crippen LogP contribution in [0.5, 0.6) is 0 Å². The molecule has 6 aliphatic carbocycles. The Balaban J connectivity index is 1.66. The van der Waals surface area contributed by atoms with Gasteiger partial charge in [-0.2, -0.15) is 0 Å². The van der Waals surface area contributed by atoms with Gasteiger partial charge in [-0.3, -0.25) is 0 Å². The molecule has 0 nitrogen and oxygen atoms in total. The van der Waals surface area contributed by atoms with Crippen molar-refractivity contribution in [1.29, 1.82) is 0 Å². The van der Waals surface area contributed by atoms with E-state index in [-0.39, 0.29) is 0 Å². The Morgan fingerprint density at radius 3 is 1.14 bits per heavy atom. The Morgan fingerprint density at radius 1 is 0.643 bits per heavy atom. The van der Waals surface area contributed by atoms with E-state index < -0.39 is 0 Å². The zero-order chi connectivity index (χ0) is 9.14. The second-order valence-electron chi connectivity index (χ2n) is 8.10. The van der Waals surface area contributed by atoms with Crippen molar-refractivity contribution in [1.82, 2.24) is 0 Å². The molecule has 0 aliphatic heterocycles. The summed E-state index contributed by atoms with van der Waals surface area (Å²) in [5.41, 5.74) is 3.66. The van der Waals surface area contributed by atoms with E-state index in [0.29, 0.717) is 0 Å². The molecule has 0 aromatic heterocycles. The third kappa shape index (κ3) is 0.233. The molecule has 0 radical (unpaired) electrons. The lowest BCUT2D eigenvalue weighted by molar-refractivity contribution is -0.636. The van der Waals surface area contributed by atoms with Crippen molar-refractivity contribution in [2.24, 2.45) is 45.3 Å². The normalized spacial score (nSPS) is 93.0. The van der Waals surface area contributed by atoms with Crippen LogP contribution in [0.15, 0.2) is 0 Å². The van der Waals surface area contributed by atoms with Crippen LogP contribution in [0.4, 0.5) is 0 Å². The minimum absolute atomic E-state index is 0.859. The molecule has 4 atom stereocenters. The molecule has 74 valence electrons. The van der Waals surface area contributed by atoms with Gasteiger partial charge in [-0.15, -0.1) is 0 Å². The standard InChI is InChI=1S/C14H18/c1-11-3-7-9-5-12(2)6-10-8(4-11)13(7,11)14(9,10)12/h7-10H,3-6H2,1-2H3. The molecule has 14 heavy (non-hydrogen) atoms. The number of hydrogen-bond donors (Lipinski definition) is 0. The molecule has 6 aliphatic rings. The summed E-state index contributed by atoms with van der Waals surface area (Å²) < 4.78 is 0. The zero-order valence-electron chi connectivity index (χ0n) is 9.14. The smallest absolute Gasteiger partial charge is 0.0114 e. The van der Waals surface area contributed by atoms with Crippen LogP contribution in [-0.4, -0.2) is 0 Å². The molecule has 2 spiro atoms. The first-order valence-corrected chi connectivity index (χ1v) is 6.62. The third-order valence-electron chi connectivity index (χ3n) is 8.67. The third-order valence-corrected chi connectivity index (χ3v) is 8.67. The average molecular weight is 186 g/mol. The fraction of sp³-hybridized carbons (Fsp3) is 1.00. The highest BCUT2D eigenvalue weighted by atomic mass is 15.1. The van der Waals surface area contributed by atoms with Gasteiger partial charge in [-0.1, -0.05) is 13.8 Å². The lowest BCUT2D eigenvalue weighted by atomic mass is 8.93. The first-order valence-electron chi connectivity index (χ1n) is 6.62. The summed E-state index contributed by atoms with van der Waals surface area (Å²) >= 11 is 0. The van der Waals surface area contributed by atoms with Crippen LogP contribution in [0.1, 0.15) is 39.5 Å². The summed E-state index contributed by atoms with van der Waals surface area (Å²) in [5, 5.41) is 0. The highest BCUT2D eigenvalue weighted by molar-refractivity contribution is 5.53. The van der Waals surface area contributed by atoms with Gasteiger partial charge in [0, 0.05) is 0 Å². The van der Waals surface area contributed by atoms with Crippen LogP contribution in [0.2, 0.25) is 0 Å². The van der Waals surface area contributed by atoms with Crippen molar-refractivity contribution in [2.75, 3.05) is 0 Å². The van der Waals surface area contributed by atoms with Crippen LogP contribution in [0.25, 0.3) is 0 Å². The number of hydrogen-bond acceptors (Lipinski definition) is 0. The molecule has 4 unspecified atom stereocenters. The Labute approximate surface area is 85.4 Å². The average Bonchev–Trinajstić information content (AvgIpc) is 2.10. The molecule has 6 saturated carbocycles. The quantitative estimate of drug-likeness (QED) is 0.545. The summed E-state index contributed by atoms with van der Waals surface area (Å²) in [6, 6.07) is 0. The van der Waals surface area contributed by atoms with E-state index in [1.165, 1.54) is 23.7 Å². The first-order chi connectivity index (χ1) is 6.62. The predicted molar refractivity (Wildman–Crippen MR) is 53.5 cm³/mol. The molecular weight excluding hydrogens is 168 g/mol. The molecular formula is C14H18. The van der Waals surface area contributed by atoms with E-state index in [2.05, 4.69) is 13.8 Å². The number of fused-ring (bicyclic) bond motifs is 2. The SMILES string of the molecule is CC12CC3C4CC5(C)CC6C(C1)C32C465. The van der Waals surface area contributed by atoms with Gasteiger partial charge >= 0.3 is 0 Å². The molecule has 0 bridgehead atoms. The topological polar surface area (TPSA) is 0 Å². The highest BCUT2D eigenvalue weighted by Gasteiger charge is 3.06. The highest BCUT2D eigenvalue weighted by Crippen LogP contribution is 3.11. The van der Waals surface area contributed by atoms with Crippen LogP contribution in [0, 0.1) is 45.3 Å². The molecule has 6 fully saturated rings. The number of rotatable bonds is 0. The van der Waals surface area contributed by atoms with Crippen molar-refractivity contribution in [3.05, 3.63) is 0 Å². The van der Waals surface area contributed by atoms with Gasteiger partial charge in [0.05, 0.1) is 0 Å². The van der Waals surface area contributed by atoms with E-state index >= 15 is 0 Å². The van der Waals surface area contributed by atoms with Gasteiger partial charge in [0.25, 0.3) is 0 Å². The maximum Gasteiger partial charge on any atom is -0.0114 e. The van der Waals surface area contributed by atoms with E-state index in [1.54, 1.807) is 25.7 Å². The second kappa shape index (κ2) is 1.17. The fourth-order valence-corrected chi connectivity index (χ4v) is 9.12. The van der Waals surface area contributed by atoms with Gasteiger partial charge in [0.2, 0.25) is 0 Å². The summed E-state index contributed by atoms with van der Waals surface area (Å²) in [5.74, 6) is 4.93. The summed E-state index contributed by atoms with van der Waals surface area (Å²) in [6.07, 6.45) is 6.49. The fourth-order valence-electron chi connectivity index (χ4n) is 9.12. The summed E-state index contributed by atoms with van der Waals surface area (Å²) in [4.78, 5) is 0. The Bertz CT molecular complexity index is 354. The molecule has 0 aromatic rings. The van der Waals surface area contributed by atoms with E-state index in [1.807, 2.05) is 0 Å². The second-order valence-corrected chi connectivity index (χ2v) is 8.10. The van der Waals surface area contributed by atoms with Crippen molar-refractivity contribution >= 4 is 0 Å². The van der Waals surface area contributed by atoms with Crippen LogP contribution in [0.3, 0.4) is 0 Å². The minimum atomic E-state index is 0.859. The molecule has 0 saturated heterocycles. The van der Waals surface area contributed by atoms with Gasteiger partial charge in [-0.25, -0.2) is 0 Å². The maximum atomic E-state index is 2.62. The van der Waals surface area contributed by atoms with Gasteiger partial charge in [0.15, 0.2) is 0 Å². The summed E-state index contributed by atoms with van der Waals surface area (Å²) in [6.45, 7) is 5.25. The first kappa shape index (κ1) is 6.55. The lowest BCUT2D eigenvalue weighted by Crippen LogP contribution is -3.06. The molecule has 6 rings (SSSR count). The van der Waals surface area contributed by atoms with E-state index in [4.69, 9.17) is 0 Å². The van der Waals surface area contributed by atoms with Crippen molar-refractivity contribution < 1.29 is 0 Å². The Kier molecular flexibility index (Phi) is 0.548. The Hall–Kier alpha value is 0. The van der Waals surface area contributed by atoms with Crippen LogP contribution < -0.4 is 0 Å². The van der Waals surface area contributed by atoms with Gasteiger partial charge < -0.3 is 0 Å². The van der Waals surface area contributed by atoms with Gasteiger partial charge in [0.1, 0.15) is 0 Å². The molecule has 0 heteroatoms. The van der Waals surface area contributed by atoms with E-state index in [0.717, 1.165) is 21.7 Å². The largest absolute Gasteiger partial charge is 0.0590 e. The van der Waals surface area contributed by atoms with Crippen molar-refractivity contribution in [3.63, 3.8) is 0 Å². The molecule has 0 N–H and O–H groups in total. The Morgan fingerprint density at radius 2 is 0.929 bits per heavy atom. The summed E-state index contributed by atoms with van der Waals surface area (Å²) in [7, 11) is 0. The molecule has 0 aromatic carbocycles. The van der Waals surface area contributed by atoms with Crippen LogP contribution in [-0.2, 0) is 0 Å². The monoisotopic (exact) mass is 186 g/mol. The zero-order valence-corrected chi connectivity index (χ0v) is 9.14. The van der Waals surface area contributed by atoms with Crippen molar-refractivity contribution in [3.8, 4) is 0 Å². The van der Waals surface area contributed by atoms with Gasteiger partial charge in [-0.05, 0) is 71.0 Å².